The van der Waals surface area contributed by atoms with Crippen molar-refractivity contribution < 1.29 is 59.0 Å². The van der Waals surface area contributed by atoms with Gasteiger partial charge in [0.1, 0.15) is 46.8 Å². The number of alkyl halides is 6. The largest absolute Gasteiger partial charge is 0.494 e. The summed E-state index contributed by atoms with van der Waals surface area (Å²) >= 11 is 1.49. The second-order valence-corrected chi connectivity index (χ2v) is 19.6. The summed E-state index contributed by atoms with van der Waals surface area (Å²) in [7, 11) is 0. The number of nitrogens with zero attached hydrogens (tertiary/aromatic N) is 7. The Kier molecular flexibility index (Phi) is 14.9. The van der Waals surface area contributed by atoms with Crippen LogP contribution in [-0.2, 0) is 31.5 Å². The van der Waals surface area contributed by atoms with Gasteiger partial charge < -0.3 is 29.6 Å². The maximum Gasteiger partial charge on any atom is 0.420 e. The summed E-state index contributed by atoms with van der Waals surface area (Å²) in [4.78, 5) is 61.2. The number of unbranched alkanes of at least 4 members (excludes halogenated alkanes) is 1. The van der Waals surface area contributed by atoms with Gasteiger partial charge in [-0.3, -0.25) is 24.3 Å². The van der Waals surface area contributed by atoms with E-state index in [1.807, 2.05) is 27.7 Å². The van der Waals surface area contributed by atoms with E-state index in [0.717, 1.165) is 52.0 Å². The van der Waals surface area contributed by atoms with Crippen LogP contribution in [0.15, 0.2) is 66.7 Å². The van der Waals surface area contributed by atoms with Crippen LogP contribution in [0, 0.1) is 35.3 Å². The number of carbonyl (C=O) groups is 3. The number of halogens is 8. The number of pyridine rings is 1. The van der Waals surface area contributed by atoms with Crippen molar-refractivity contribution in [2.24, 2.45) is 5.41 Å². The molecule has 2 aliphatic rings. The SMILES string of the molecule is C=C1N(c2ccc(C#N)c(C(F)(F)F)c2F)C(=O)C(C)(C)N1c1cnc(-c2ccc(OCCCCOCC(=O)N[C@H](C(=O)N3CCC[C@@H]3c3ncc(-c4scnc4C)[nH]3)C(C)(C)C)cc2C(F)(F)F)c(F)c1. The van der Waals surface area contributed by atoms with Crippen LogP contribution in [0.2, 0.25) is 0 Å². The molecule has 2 saturated heterocycles. The van der Waals surface area contributed by atoms with E-state index in [1.54, 1.807) is 16.6 Å². The summed E-state index contributed by atoms with van der Waals surface area (Å²) in [6.07, 6.45) is -5.56. The minimum Gasteiger partial charge on any atom is -0.494 e. The second kappa shape index (κ2) is 20.3. The minimum atomic E-state index is -5.32. The van der Waals surface area contributed by atoms with Crippen molar-refractivity contribution >= 4 is 40.4 Å². The molecular weight excluding hydrogens is 979 g/mol. The molecule has 2 atom stereocenters. The van der Waals surface area contributed by atoms with E-state index in [-0.39, 0.29) is 43.2 Å². The molecule has 5 aromatic rings. The van der Waals surface area contributed by atoms with Crippen LogP contribution in [0.5, 0.6) is 5.75 Å². The van der Waals surface area contributed by atoms with E-state index in [1.165, 1.54) is 37.3 Å². The Labute approximate surface area is 412 Å². The monoisotopic (exact) mass is 1030 g/mol. The van der Waals surface area contributed by atoms with Crippen molar-refractivity contribution in [1.29, 1.82) is 5.26 Å². The van der Waals surface area contributed by atoms with Crippen molar-refractivity contribution in [1.82, 2.24) is 30.2 Å². The van der Waals surface area contributed by atoms with E-state index in [0.29, 0.717) is 48.7 Å². The molecule has 2 aromatic carbocycles. The molecule has 0 aliphatic carbocycles. The van der Waals surface area contributed by atoms with E-state index < -0.39 is 92.3 Å². The van der Waals surface area contributed by atoms with Gasteiger partial charge in [-0.15, -0.1) is 11.3 Å². The fraction of sp³-hybridized carbons (Fsp3) is 0.408. The average Bonchev–Trinajstić information content (AvgIpc) is 4.11. The zero-order chi connectivity index (χ0) is 52.7. The van der Waals surface area contributed by atoms with E-state index in [9.17, 15) is 46.0 Å². The molecule has 0 spiro atoms. The summed E-state index contributed by atoms with van der Waals surface area (Å²) in [6.45, 7) is 13.9. The van der Waals surface area contributed by atoms with E-state index >= 15 is 8.78 Å². The van der Waals surface area contributed by atoms with Gasteiger partial charge >= 0.3 is 12.4 Å². The number of aromatic nitrogens is 4. The topological polar surface area (TPSA) is 170 Å². The van der Waals surface area contributed by atoms with E-state index in [4.69, 9.17) is 9.47 Å². The first kappa shape index (κ1) is 52.9. The molecule has 3 amide bonds. The van der Waals surface area contributed by atoms with Crippen LogP contribution in [0.4, 0.5) is 46.5 Å². The zero-order valence-corrected chi connectivity index (χ0v) is 40.6. The highest BCUT2D eigenvalue weighted by Crippen LogP contribution is 2.46. The number of aromatic amines is 1. The van der Waals surface area contributed by atoms with Gasteiger partial charge in [0, 0.05) is 24.8 Å². The van der Waals surface area contributed by atoms with Gasteiger partial charge in [-0.25, -0.2) is 18.7 Å². The zero-order valence-electron chi connectivity index (χ0n) is 39.8. The fourth-order valence-electron chi connectivity index (χ4n) is 8.71. The van der Waals surface area contributed by atoms with Gasteiger partial charge in [0.05, 0.1) is 75.4 Å². The molecule has 2 aliphatic heterocycles. The molecule has 14 nitrogen and oxygen atoms in total. The summed E-state index contributed by atoms with van der Waals surface area (Å²) in [5, 5.41) is 12.0. The number of likely N-dealkylation sites (tertiary alicyclic amines) is 1. The Morgan fingerprint density at radius 3 is 2.38 bits per heavy atom. The molecule has 0 saturated carbocycles. The third kappa shape index (κ3) is 10.6. The van der Waals surface area contributed by atoms with Gasteiger partial charge in [-0.05, 0) is 82.2 Å². The van der Waals surface area contributed by atoms with Crippen LogP contribution >= 0.6 is 11.3 Å². The standard InChI is InChI=1S/C49H49F8N9O5S/c1-26-41(72-25-61-26)34-23-60-43(62-34)36-11-10-16-64(36)44(68)42(46(3,4)5)63-37(67)24-70-17-8-9-18-71-30-13-14-31(32(20-30)48(52,53)54)40-33(50)19-29(22-59-40)66-27(2)65(45(69)47(66,6)7)35-15-12-28(21-58)38(39(35)51)49(55,56)57/h12-15,19-20,22-23,25,36,42H,2,8-11,16-18,24H2,1,3-7H3,(H,60,62)(H,63,67)/t36-,42-/m1/s1. The molecule has 3 aromatic heterocycles. The van der Waals surface area contributed by atoms with Crippen LogP contribution in [0.1, 0.15) is 94.6 Å². The van der Waals surface area contributed by atoms with E-state index in [2.05, 4.69) is 31.8 Å². The Morgan fingerprint density at radius 1 is 1.01 bits per heavy atom. The number of aryl methyl sites for hydroxylation is 1. The highest BCUT2D eigenvalue weighted by molar-refractivity contribution is 7.13. The average molecular weight is 1030 g/mol. The number of hydrogen-bond acceptors (Lipinski definition) is 11. The van der Waals surface area contributed by atoms with Crippen molar-refractivity contribution in [2.75, 3.05) is 36.2 Å². The number of H-pyrrole nitrogens is 1. The van der Waals surface area contributed by atoms with Crippen molar-refractivity contribution in [3.05, 3.63) is 107 Å². The third-order valence-electron chi connectivity index (χ3n) is 12.2. The number of carbonyl (C=O) groups excluding carboxylic acids is 3. The molecule has 0 unspecified atom stereocenters. The number of thiazole rings is 1. The third-order valence-corrected chi connectivity index (χ3v) is 13.2. The summed E-state index contributed by atoms with van der Waals surface area (Å²) in [5.41, 5.74) is -5.74. The van der Waals surface area contributed by atoms with Gasteiger partial charge in [0.2, 0.25) is 11.8 Å². The lowest BCUT2D eigenvalue weighted by atomic mass is 9.85. The van der Waals surface area contributed by atoms with Crippen molar-refractivity contribution in [3.8, 4) is 33.6 Å². The first-order valence-electron chi connectivity index (χ1n) is 22.5. The normalized spacial score (nSPS) is 16.6. The van der Waals surface area contributed by atoms with Crippen molar-refractivity contribution in [3.63, 3.8) is 0 Å². The highest BCUT2D eigenvalue weighted by atomic mass is 32.1. The molecule has 23 heteroatoms. The molecule has 7 rings (SSSR count). The Bertz CT molecular complexity index is 2940. The number of rotatable bonds is 15. The van der Waals surface area contributed by atoms with Crippen LogP contribution in [0.25, 0.3) is 21.8 Å². The molecule has 2 fully saturated rings. The Hall–Kier alpha value is -6.93. The van der Waals surface area contributed by atoms with Crippen molar-refractivity contribution in [2.45, 2.75) is 97.2 Å². The lowest BCUT2D eigenvalue weighted by Crippen LogP contribution is -2.55. The number of hydrogen-bond donors (Lipinski definition) is 2. The molecule has 5 heterocycles. The number of amides is 3. The lowest BCUT2D eigenvalue weighted by Gasteiger charge is -2.35. The van der Waals surface area contributed by atoms with Crippen LogP contribution < -0.4 is 19.9 Å². The smallest absolute Gasteiger partial charge is 0.420 e. The molecule has 2 N–H and O–H groups in total. The maximum atomic E-state index is 15.9. The summed E-state index contributed by atoms with van der Waals surface area (Å²) in [5.74, 6) is -4.93. The van der Waals surface area contributed by atoms with Gasteiger partial charge in [0.25, 0.3) is 5.91 Å². The second-order valence-electron chi connectivity index (χ2n) is 18.7. The van der Waals surface area contributed by atoms with Gasteiger partial charge in [-0.1, -0.05) is 27.4 Å². The number of benzene rings is 2. The molecule has 0 bridgehead atoms. The predicted octanol–water partition coefficient (Wildman–Crippen LogP) is 10.3. The molecule has 0 radical (unpaired) electrons. The summed E-state index contributed by atoms with van der Waals surface area (Å²) in [6, 6.07) is 5.17. The fourth-order valence-corrected chi connectivity index (χ4v) is 9.48. The van der Waals surface area contributed by atoms with Crippen LogP contribution in [-0.4, -0.2) is 80.5 Å². The lowest BCUT2D eigenvalue weighted by molar-refractivity contribution is -0.141. The summed E-state index contributed by atoms with van der Waals surface area (Å²) < 4.78 is 127. The minimum absolute atomic E-state index is 0.0543. The molecule has 382 valence electrons. The quantitative estimate of drug-likeness (QED) is 0.0760. The number of nitriles is 1. The number of anilines is 2. The maximum absolute atomic E-state index is 15.9. The highest BCUT2D eigenvalue weighted by Gasteiger charge is 2.51. The van der Waals surface area contributed by atoms with Gasteiger partial charge in [-0.2, -0.15) is 31.6 Å². The predicted molar refractivity (Wildman–Crippen MR) is 249 cm³/mol. The van der Waals surface area contributed by atoms with Crippen LogP contribution in [0.3, 0.4) is 0 Å². The first-order valence-corrected chi connectivity index (χ1v) is 23.4. The number of ether oxygens (including phenoxy) is 2. The molecule has 72 heavy (non-hydrogen) atoms. The Balaban J connectivity index is 0.938. The molecular formula is C49H49F8N9O5S. The Morgan fingerprint density at radius 2 is 1.74 bits per heavy atom. The number of imidazole rings is 1. The van der Waals surface area contributed by atoms with Gasteiger partial charge in [0.15, 0.2) is 11.6 Å². The number of nitrogens with one attached hydrogen (secondary N) is 2. The first-order chi connectivity index (χ1) is 33.7.